The van der Waals surface area contributed by atoms with Crippen LogP contribution in [0.25, 0.3) is 0 Å². The topological polar surface area (TPSA) is 78.9 Å². The highest BCUT2D eigenvalue weighted by Gasteiger charge is 2.19. The molecule has 0 aromatic rings. The van der Waals surface area contributed by atoms with E-state index < -0.39 is 6.10 Å². The van der Waals surface area contributed by atoms with Gasteiger partial charge in [0.2, 0.25) is 0 Å². The van der Waals surface area contributed by atoms with Crippen molar-refractivity contribution < 1.29 is 28.6 Å². The van der Waals surface area contributed by atoms with Crippen LogP contribution in [0.15, 0.2) is 109 Å². The number of allylic oxidation sites excluding steroid dienone is 18. The standard InChI is InChI=1S/C70H118O6/c1-4-7-10-13-16-19-22-24-26-27-28-29-30-31-32-33-34-35-36-37-38-39-40-41-42-43-45-46-48-51-54-57-60-63-69(72)75-66-67(65-74-68(71)62-59-56-53-50-21-18-15-12-9-6-3)76-70(73)64-61-58-55-52-49-47-44-25-23-20-17-14-11-8-5-2/h7-8,10-12,15-17,19-20,24-26,28-29,44,49,52,67H,4-6,9,13-14,18,21-23,27,30-43,45-48,50-51,53-66H2,1-3H3/b10-7-,11-8-,15-12-,19-16-,20-17-,26-24-,29-28-,44-25-,52-49-. The van der Waals surface area contributed by atoms with Gasteiger partial charge in [0.25, 0.3) is 0 Å². The van der Waals surface area contributed by atoms with Crippen LogP contribution in [0.4, 0.5) is 0 Å². The molecule has 76 heavy (non-hydrogen) atoms. The molecule has 0 aliphatic rings. The molecule has 0 saturated carbocycles. The zero-order chi connectivity index (χ0) is 55.0. The van der Waals surface area contributed by atoms with E-state index in [1.165, 1.54) is 128 Å². The summed E-state index contributed by atoms with van der Waals surface area (Å²) in [4.78, 5) is 38.1. The highest BCUT2D eigenvalue weighted by atomic mass is 16.6. The van der Waals surface area contributed by atoms with Crippen molar-refractivity contribution in [3.63, 3.8) is 0 Å². The second kappa shape index (κ2) is 63.6. The molecule has 0 N–H and O–H groups in total. The molecule has 6 heteroatoms. The molecule has 0 saturated heterocycles. The lowest BCUT2D eigenvalue weighted by molar-refractivity contribution is -0.167. The summed E-state index contributed by atoms with van der Waals surface area (Å²) >= 11 is 0. The Morgan fingerprint density at radius 1 is 0.276 bits per heavy atom. The highest BCUT2D eigenvalue weighted by molar-refractivity contribution is 5.71. The molecule has 0 heterocycles. The molecule has 1 unspecified atom stereocenters. The van der Waals surface area contributed by atoms with Crippen LogP contribution < -0.4 is 0 Å². The van der Waals surface area contributed by atoms with Crippen molar-refractivity contribution >= 4 is 17.9 Å². The molecule has 6 nitrogen and oxygen atoms in total. The first-order valence-corrected chi connectivity index (χ1v) is 31.9. The molecule has 0 aliphatic carbocycles. The van der Waals surface area contributed by atoms with Gasteiger partial charge < -0.3 is 14.2 Å². The normalized spacial score (nSPS) is 12.8. The number of ether oxygens (including phenoxy) is 3. The summed E-state index contributed by atoms with van der Waals surface area (Å²) in [5.41, 5.74) is 0. The van der Waals surface area contributed by atoms with Gasteiger partial charge in [-0.2, -0.15) is 0 Å². The van der Waals surface area contributed by atoms with Gasteiger partial charge in [0, 0.05) is 19.3 Å². The molecule has 1 atom stereocenters. The van der Waals surface area contributed by atoms with Gasteiger partial charge >= 0.3 is 17.9 Å². The third-order valence-electron chi connectivity index (χ3n) is 13.5. The zero-order valence-electron chi connectivity index (χ0n) is 49.7. The van der Waals surface area contributed by atoms with Gasteiger partial charge in [0.1, 0.15) is 13.2 Å². The fraction of sp³-hybridized carbons (Fsp3) is 0.700. The van der Waals surface area contributed by atoms with Crippen LogP contribution in [0.5, 0.6) is 0 Å². The average Bonchev–Trinajstić information content (AvgIpc) is 3.42. The molecule has 0 aliphatic heterocycles. The van der Waals surface area contributed by atoms with Crippen LogP contribution in [0.1, 0.15) is 297 Å². The monoisotopic (exact) mass is 1050 g/mol. The molecule has 0 radical (unpaired) electrons. The maximum atomic E-state index is 12.8. The van der Waals surface area contributed by atoms with Crippen LogP contribution >= 0.6 is 0 Å². The van der Waals surface area contributed by atoms with Crippen molar-refractivity contribution in [2.75, 3.05) is 13.2 Å². The number of carbonyl (C=O) groups excluding carboxylic acids is 3. The van der Waals surface area contributed by atoms with Crippen LogP contribution in [0, 0.1) is 0 Å². The molecule has 434 valence electrons. The van der Waals surface area contributed by atoms with Crippen LogP contribution in [-0.2, 0) is 28.6 Å². The van der Waals surface area contributed by atoms with E-state index >= 15 is 0 Å². The van der Waals surface area contributed by atoms with E-state index in [4.69, 9.17) is 14.2 Å². The molecule has 0 fully saturated rings. The van der Waals surface area contributed by atoms with Crippen molar-refractivity contribution in [1.82, 2.24) is 0 Å². The van der Waals surface area contributed by atoms with Gasteiger partial charge in [-0.15, -0.1) is 0 Å². The Bertz CT molecular complexity index is 1540. The lowest BCUT2D eigenvalue weighted by atomic mass is 10.0. The first-order chi connectivity index (χ1) is 37.5. The van der Waals surface area contributed by atoms with E-state index in [0.717, 1.165) is 122 Å². The third kappa shape index (κ3) is 60.9. The molecule has 0 spiro atoms. The third-order valence-corrected chi connectivity index (χ3v) is 13.5. The first kappa shape index (κ1) is 72.1. The summed E-state index contributed by atoms with van der Waals surface area (Å²) in [6.45, 7) is 6.32. The minimum atomic E-state index is -0.802. The average molecular weight is 1060 g/mol. The summed E-state index contributed by atoms with van der Waals surface area (Å²) in [6, 6.07) is 0. The molecule has 0 amide bonds. The van der Waals surface area contributed by atoms with E-state index in [2.05, 4.69) is 130 Å². The van der Waals surface area contributed by atoms with Crippen molar-refractivity contribution in [3.8, 4) is 0 Å². The first-order valence-electron chi connectivity index (χ1n) is 31.9. The lowest BCUT2D eigenvalue weighted by Crippen LogP contribution is -2.30. The summed E-state index contributed by atoms with van der Waals surface area (Å²) < 4.78 is 16.8. The van der Waals surface area contributed by atoms with Gasteiger partial charge in [-0.3, -0.25) is 14.4 Å². The van der Waals surface area contributed by atoms with Crippen molar-refractivity contribution in [3.05, 3.63) is 109 Å². The van der Waals surface area contributed by atoms with Gasteiger partial charge in [-0.1, -0.05) is 271 Å². The molecular formula is C70H118O6. The lowest BCUT2D eigenvalue weighted by Gasteiger charge is -2.18. The van der Waals surface area contributed by atoms with Gasteiger partial charge in [0.15, 0.2) is 6.10 Å². The van der Waals surface area contributed by atoms with Crippen molar-refractivity contribution in [2.45, 2.75) is 303 Å². The Kier molecular flexibility index (Phi) is 60.3. The van der Waals surface area contributed by atoms with E-state index in [9.17, 15) is 14.4 Å². The van der Waals surface area contributed by atoms with Crippen molar-refractivity contribution in [1.29, 1.82) is 0 Å². The fourth-order valence-electron chi connectivity index (χ4n) is 8.78. The van der Waals surface area contributed by atoms with E-state index in [-0.39, 0.29) is 37.5 Å². The molecule has 0 aromatic heterocycles. The number of carbonyl (C=O) groups is 3. The predicted molar refractivity (Wildman–Crippen MR) is 330 cm³/mol. The van der Waals surface area contributed by atoms with Crippen molar-refractivity contribution in [2.24, 2.45) is 0 Å². The smallest absolute Gasteiger partial charge is 0.306 e. The Morgan fingerprint density at radius 3 is 0.842 bits per heavy atom. The second-order valence-corrected chi connectivity index (χ2v) is 20.9. The number of rotatable bonds is 57. The Balaban J connectivity index is 4.11. The second-order valence-electron chi connectivity index (χ2n) is 20.9. The van der Waals surface area contributed by atoms with E-state index in [0.29, 0.717) is 19.3 Å². The zero-order valence-corrected chi connectivity index (χ0v) is 49.7. The SMILES string of the molecule is CC/C=C\C/C=C\C/C=C\C/C=C\CCCCCCCCCCCCCCCCCCCCCCC(=O)OCC(COC(=O)CCCCCCC/C=C\CCC)OC(=O)CCCC/C=C\C/C=C\C/C=C\C/C=C\CC. The summed E-state index contributed by atoms with van der Waals surface area (Å²) in [6.07, 6.45) is 87.0. The van der Waals surface area contributed by atoms with Crippen LogP contribution in [0.2, 0.25) is 0 Å². The molecule has 0 bridgehead atoms. The highest BCUT2D eigenvalue weighted by Crippen LogP contribution is 2.17. The Morgan fingerprint density at radius 2 is 0.513 bits per heavy atom. The molecule has 0 aromatic carbocycles. The minimum absolute atomic E-state index is 0.0954. The minimum Gasteiger partial charge on any atom is -0.462 e. The maximum Gasteiger partial charge on any atom is 0.306 e. The van der Waals surface area contributed by atoms with Crippen LogP contribution in [0.3, 0.4) is 0 Å². The molecule has 0 rings (SSSR count). The number of esters is 3. The van der Waals surface area contributed by atoms with Crippen LogP contribution in [-0.4, -0.2) is 37.2 Å². The largest absolute Gasteiger partial charge is 0.462 e. The van der Waals surface area contributed by atoms with E-state index in [1.54, 1.807) is 0 Å². The number of hydrogen-bond acceptors (Lipinski definition) is 6. The number of hydrogen-bond donors (Lipinski definition) is 0. The summed E-state index contributed by atoms with van der Waals surface area (Å²) in [5.74, 6) is -0.943. The van der Waals surface area contributed by atoms with Gasteiger partial charge in [-0.05, 0) is 116 Å². The fourth-order valence-corrected chi connectivity index (χ4v) is 8.78. The molecular weight excluding hydrogens is 937 g/mol. The van der Waals surface area contributed by atoms with Gasteiger partial charge in [-0.25, -0.2) is 0 Å². The quantitative estimate of drug-likeness (QED) is 0.0261. The summed E-state index contributed by atoms with van der Waals surface area (Å²) in [7, 11) is 0. The Hall–Kier alpha value is -3.93. The van der Waals surface area contributed by atoms with E-state index in [1.807, 2.05) is 0 Å². The maximum absolute atomic E-state index is 12.8. The van der Waals surface area contributed by atoms with Gasteiger partial charge in [0.05, 0.1) is 0 Å². The predicted octanol–water partition coefficient (Wildman–Crippen LogP) is 21.8. The Labute approximate surface area is 470 Å². The number of unbranched alkanes of at least 4 members (excludes halogenated alkanes) is 28. The summed E-state index contributed by atoms with van der Waals surface area (Å²) in [5, 5.41) is 0.